The first-order valence-corrected chi connectivity index (χ1v) is 5.71. The van der Waals surface area contributed by atoms with Crippen molar-refractivity contribution < 1.29 is 14.3 Å². The van der Waals surface area contributed by atoms with Crippen LogP contribution in [0, 0.1) is 0 Å². The second-order valence-electron chi connectivity index (χ2n) is 3.49. The second-order valence-corrected chi connectivity index (χ2v) is 4.41. The van der Waals surface area contributed by atoms with Crippen LogP contribution in [0.15, 0.2) is 22.7 Å². The fourth-order valence-electron chi connectivity index (χ4n) is 1.65. The molecule has 1 aromatic carbocycles. The van der Waals surface area contributed by atoms with Gasteiger partial charge in [-0.05, 0) is 18.2 Å². The Morgan fingerprint density at radius 2 is 2.38 bits per heavy atom. The lowest BCUT2D eigenvalue weighted by atomic mass is 10.1. The summed E-state index contributed by atoms with van der Waals surface area (Å²) < 4.78 is 11.7. The predicted molar refractivity (Wildman–Crippen MR) is 62.4 cm³/mol. The van der Waals surface area contributed by atoms with E-state index in [2.05, 4.69) is 21.2 Å². The van der Waals surface area contributed by atoms with E-state index < -0.39 is 0 Å². The first-order valence-electron chi connectivity index (χ1n) is 4.92. The number of carbonyl (C=O) groups is 1. The van der Waals surface area contributed by atoms with Crippen molar-refractivity contribution in [2.75, 3.05) is 20.3 Å². The van der Waals surface area contributed by atoms with Gasteiger partial charge < -0.3 is 14.8 Å². The topological polar surface area (TPSA) is 47.6 Å². The monoisotopic (exact) mass is 285 g/mol. The van der Waals surface area contributed by atoms with E-state index in [9.17, 15) is 4.79 Å². The van der Waals surface area contributed by atoms with Gasteiger partial charge in [0.15, 0.2) is 0 Å². The molecule has 4 nitrogen and oxygen atoms in total. The number of hydrogen-bond donors (Lipinski definition) is 1. The van der Waals surface area contributed by atoms with Crippen LogP contribution in [0.4, 0.5) is 0 Å². The van der Waals surface area contributed by atoms with Crippen molar-refractivity contribution in [3.8, 4) is 5.75 Å². The Morgan fingerprint density at radius 3 is 3.00 bits per heavy atom. The van der Waals surface area contributed by atoms with Crippen molar-refractivity contribution in [2.45, 2.75) is 6.10 Å². The number of amides is 1. The number of morpholine rings is 1. The molecule has 1 N–H and O–H groups in total. The summed E-state index contributed by atoms with van der Waals surface area (Å²) in [6, 6.07) is 5.73. The van der Waals surface area contributed by atoms with Crippen LogP contribution in [0.25, 0.3) is 0 Å². The van der Waals surface area contributed by atoms with Gasteiger partial charge in [-0.25, -0.2) is 0 Å². The Labute approximate surface area is 102 Å². The Bertz CT molecular complexity index is 398. The highest BCUT2D eigenvalue weighted by atomic mass is 79.9. The minimum atomic E-state index is -0.148. The molecule has 0 saturated carbocycles. The Morgan fingerprint density at radius 1 is 1.56 bits per heavy atom. The van der Waals surface area contributed by atoms with Crippen LogP contribution >= 0.6 is 15.9 Å². The maximum atomic E-state index is 11.0. The smallest absolute Gasteiger partial charge is 0.246 e. The molecule has 16 heavy (non-hydrogen) atoms. The number of halogens is 1. The predicted octanol–water partition coefficient (Wildman–Crippen LogP) is 1.65. The summed E-state index contributed by atoms with van der Waals surface area (Å²) in [7, 11) is 1.62. The van der Waals surface area contributed by atoms with E-state index >= 15 is 0 Å². The van der Waals surface area contributed by atoms with Gasteiger partial charge in [0.05, 0.1) is 7.11 Å². The number of carbonyl (C=O) groups excluding carboxylic acids is 1. The number of nitrogens with one attached hydrogen (secondary N) is 1. The van der Waals surface area contributed by atoms with Gasteiger partial charge in [0.25, 0.3) is 0 Å². The van der Waals surface area contributed by atoms with Crippen LogP contribution in [0.3, 0.4) is 0 Å². The molecule has 1 aromatic rings. The van der Waals surface area contributed by atoms with Crippen molar-refractivity contribution in [2.24, 2.45) is 0 Å². The van der Waals surface area contributed by atoms with Crippen LogP contribution in [-0.4, -0.2) is 26.2 Å². The van der Waals surface area contributed by atoms with Crippen molar-refractivity contribution in [1.29, 1.82) is 0 Å². The number of benzene rings is 1. The number of hydrogen-bond acceptors (Lipinski definition) is 3. The third kappa shape index (κ3) is 2.36. The summed E-state index contributed by atoms with van der Waals surface area (Å²) in [5.41, 5.74) is 0.942. The average molecular weight is 286 g/mol. The summed E-state index contributed by atoms with van der Waals surface area (Å²) in [5.74, 6) is 0.689. The molecule has 5 heteroatoms. The molecule has 0 aromatic heterocycles. The number of methoxy groups -OCH3 is 1. The zero-order valence-electron chi connectivity index (χ0n) is 8.83. The van der Waals surface area contributed by atoms with Crippen LogP contribution in [-0.2, 0) is 9.53 Å². The maximum absolute atomic E-state index is 11.0. The minimum Gasteiger partial charge on any atom is -0.496 e. The molecule has 2 rings (SSSR count). The average Bonchev–Trinajstić information content (AvgIpc) is 2.30. The molecule has 0 radical (unpaired) electrons. The molecule has 86 valence electrons. The largest absolute Gasteiger partial charge is 0.496 e. The van der Waals surface area contributed by atoms with E-state index in [1.807, 2.05) is 18.2 Å². The van der Waals surface area contributed by atoms with Crippen LogP contribution in [0.1, 0.15) is 11.7 Å². The third-order valence-corrected chi connectivity index (χ3v) is 2.93. The molecule has 0 unspecified atom stereocenters. The quantitative estimate of drug-likeness (QED) is 0.899. The number of ether oxygens (including phenoxy) is 2. The maximum Gasteiger partial charge on any atom is 0.246 e. The fourth-order valence-corrected chi connectivity index (χ4v) is 2.03. The van der Waals surface area contributed by atoms with Crippen molar-refractivity contribution in [1.82, 2.24) is 5.32 Å². The molecule has 1 aliphatic rings. The highest BCUT2D eigenvalue weighted by molar-refractivity contribution is 9.10. The summed E-state index contributed by atoms with van der Waals surface area (Å²) >= 11 is 3.41. The van der Waals surface area contributed by atoms with Crippen LogP contribution in [0.2, 0.25) is 0 Å². The Kier molecular flexibility index (Phi) is 3.46. The lowest BCUT2D eigenvalue weighted by Crippen LogP contribution is -2.38. The summed E-state index contributed by atoms with van der Waals surface area (Å²) in [4.78, 5) is 11.0. The van der Waals surface area contributed by atoms with Crippen molar-refractivity contribution in [3.63, 3.8) is 0 Å². The number of rotatable bonds is 2. The summed E-state index contributed by atoms with van der Waals surface area (Å²) in [6.45, 7) is 0.575. The fraction of sp³-hybridized carbons (Fsp3) is 0.364. The van der Waals surface area contributed by atoms with E-state index in [0.717, 1.165) is 15.8 Å². The van der Waals surface area contributed by atoms with Crippen molar-refractivity contribution >= 4 is 21.8 Å². The lowest BCUT2D eigenvalue weighted by molar-refractivity contribution is -0.133. The summed E-state index contributed by atoms with van der Waals surface area (Å²) in [5, 5.41) is 2.77. The molecule has 0 bridgehead atoms. The lowest BCUT2D eigenvalue weighted by Gasteiger charge is -2.25. The van der Waals surface area contributed by atoms with E-state index in [1.165, 1.54) is 0 Å². The van der Waals surface area contributed by atoms with Gasteiger partial charge in [0, 0.05) is 16.6 Å². The molecule has 1 fully saturated rings. The highest BCUT2D eigenvalue weighted by Gasteiger charge is 2.23. The second kappa shape index (κ2) is 4.84. The van der Waals surface area contributed by atoms with Gasteiger partial charge in [0.2, 0.25) is 5.91 Å². The van der Waals surface area contributed by atoms with Gasteiger partial charge >= 0.3 is 0 Å². The van der Waals surface area contributed by atoms with Gasteiger partial charge in [-0.2, -0.15) is 0 Å². The standard InChI is InChI=1S/C11H12BrNO3/c1-15-9-3-2-7(12)4-8(9)10-5-13-11(14)6-16-10/h2-4,10H,5-6H2,1H3,(H,13,14)/t10-/m1/s1. The zero-order chi connectivity index (χ0) is 11.5. The molecular weight excluding hydrogens is 274 g/mol. The van der Waals surface area contributed by atoms with Crippen LogP contribution < -0.4 is 10.1 Å². The van der Waals surface area contributed by atoms with Gasteiger partial charge in [0.1, 0.15) is 18.5 Å². The summed E-state index contributed by atoms with van der Waals surface area (Å²) in [6.07, 6.45) is -0.148. The van der Waals surface area contributed by atoms with Gasteiger partial charge in [-0.15, -0.1) is 0 Å². The van der Waals surface area contributed by atoms with E-state index in [4.69, 9.17) is 9.47 Å². The molecule has 1 saturated heterocycles. The van der Waals surface area contributed by atoms with Crippen LogP contribution in [0.5, 0.6) is 5.75 Å². The van der Waals surface area contributed by atoms with E-state index in [0.29, 0.717) is 6.54 Å². The molecule has 1 aliphatic heterocycles. The molecule has 1 amide bonds. The molecule has 1 heterocycles. The van der Waals surface area contributed by atoms with E-state index in [-0.39, 0.29) is 18.6 Å². The van der Waals surface area contributed by atoms with E-state index in [1.54, 1.807) is 7.11 Å². The zero-order valence-corrected chi connectivity index (χ0v) is 10.4. The minimum absolute atomic E-state index is 0.0785. The first kappa shape index (κ1) is 11.4. The SMILES string of the molecule is COc1ccc(Br)cc1[C@H]1CNC(=O)CO1. The Balaban J connectivity index is 2.24. The molecule has 0 spiro atoms. The first-order chi connectivity index (χ1) is 7.70. The molecule has 1 atom stereocenters. The van der Waals surface area contributed by atoms with Crippen molar-refractivity contribution in [3.05, 3.63) is 28.2 Å². The molecule has 0 aliphatic carbocycles. The molecular formula is C11H12BrNO3. The normalized spacial score (nSPS) is 20.4. The van der Waals surface area contributed by atoms with Gasteiger partial charge in [-0.1, -0.05) is 15.9 Å². The van der Waals surface area contributed by atoms with Gasteiger partial charge in [-0.3, -0.25) is 4.79 Å². The highest BCUT2D eigenvalue weighted by Crippen LogP contribution is 2.31. The third-order valence-electron chi connectivity index (χ3n) is 2.44. The Hall–Kier alpha value is -1.07.